The number of hydrogen-bond donors (Lipinski definition) is 2. The van der Waals surface area contributed by atoms with Crippen LogP contribution in [-0.2, 0) is 0 Å². The molecule has 10 heteroatoms. The maximum atomic E-state index is 12.5. The summed E-state index contributed by atoms with van der Waals surface area (Å²) in [6, 6.07) is 0.367. The second-order valence-electron chi connectivity index (χ2n) is 7.10. The average Bonchev–Trinajstić information content (AvgIpc) is 2.93. The zero-order chi connectivity index (χ0) is 18.4. The molecule has 26 heavy (non-hydrogen) atoms. The minimum atomic E-state index is -4.13. The van der Waals surface area contributed by atoms with Crippen molar-refractivity contribution in [2.75, 3.05) is 66.5 Å². The lowest BCUT2D eigenvalue weighted by Crippen LogP contribution is -2.52. The van der Waals surface area contributed by atoms with Crippen LogP contribution in [0, 0.1) is 0 Å². The molecule has 0 aromatic rings. The number of nitrogens with zero attached hydrogens (tertiary/aromatic N) is 4. The maximum absolute atomic E-state index is 12.5. The van der Waals surface area contributed by atoms with Crippen LogP contribution in [0.5, 0.6) is 0 Å². The molecule has 0 bridgehead atoms. The first-order valence-corrected chi connectivity index (χ1v) is 8.99. The first-order valence-electron chi connectivity index (χ1n) is 8.99. The van der Waals surface area contributed by atoms with Crippen LogP contribution in [-0.4, -0.2) is 105 Å². The molecule has 0 aliphatic carbocycles. The molecule has 154 valence electrons. The number of likely N-dealkylation sites (tertiary alicyclic amines) is 1. The minimum Gasteiger partial charge on any atom is -0.357 e. The Morgan fingerprint density at radius 2 is 1.88 bits per heavy atom. The van der Waals surface area contributed by atoms with Gasteiger partial charge in [-0.05, 0) is 27.4 Å². The minimum absolute atomic E-state index is 0. The van der Waals surface area contributed by atoms with Gasteiger partial charge in [0.15, 0.2) is 5.96 Å². The van der Waals surface area contributed by atoms with E-state index in [0.717, 1.165) is 26.2 Å². The number of piperazine rings is 1. The molecule has 2 N–H and O–H groups in total. The van der Waals surface area contributed by atoms with E-state index in [1.54, 1.807) is 0 Å². The molecule has 2 fully saturated rings. The summed E-state index contributed by atoms with van der Waals surface area (Å²) in [5.41, 5.74) is 0. The Balaban J connectivity index is 0.00000338. The second kappa shape index (κ2) is 10.9. The molecule has 2 heterocycles. The molecular formula is C16H32F3IN6. The number of aliphatic imine (C=N–C) groups is 1. The SMILES string of the molecule is CCNC(=NCC1CN(C)CCN1C)NC1CCN(CC(F)(F)F)C1.I. The van der Waals surface area contributed by atoms with Gasteiger partial charge in [-0.3, -0.25) is 14.8 Å². The fourth-order valence-corrected chi connectivity index (χ4v) is 3.36. The van der Waals surface area contributed by atoms with Crippen molar-refractivity contribution in [3.63, 3.8) is 0 Å². The summed E-state index contributed by atoms with van der Waals surface area (Å²) >= 11 is 0. The number of likely N-dealkylation sites (N-methyl/N-ethyl adjacent to an activating group) is 2. The first kappa shape index (κ1) is 23.7. The van der Waals surface area contributed by atoms with Crippen LogP contribution in [0.4, 0.5) is 13.2 Å². The van der Waals surface area contributed by atoms with Crippen molar-refractivity contribution in [2.24, 2.45) is 4.99 Å². The molecular weight excluding hydrogens is 460 g/mol. The number of halogens is 4. The molecule has 0 aromatic heterocycles. The van der Waals surface area contributed by atoms with E-state index >= 15 is 0 Å². The zero-order valence-corrected chi connectivity index (χ0v) is 18.2. The van der Waals surface area contributed by atoms with Crippen LogP contribution in [0.3, 0.4) is 0 Å². The first-order chi connectivity index (χ1) is 11.8. The largest absolute Gasteiger partial charge is 0.401 e. The van der Waals surface area contributed by atoms with Gasteiger partial charge in [-0.2, -0.15) is 13.2 Å². The number of rotatable bonds is 5. The quantitative estimate of drug-likeness (QED) is 0.342. The van der Waals surface area contributed by atoms with Crippen LogP contribution >= 0.6 is 24.0 Å². The van der Waals surface area contributed by atoms with Crippen molar-refractivity contribution in [3.05, 3.63) is 0 Å². The molecule has 0 saturated carbocycles. The molecule has 6 nitrogen and oxygen atoms in total. The van der Waals surface area contributed by atoms with E-state index in [4.69, 9.17) is 0 Å². The number of guanidine groups is 1. The number of alkyl halides is 3. The highest BCUT2D eigenvalue weighted by Gasteiger charge is 2.34. The van der Waals surface area contributed by atoms with Gasteiger partial charge in [-0.1, -0.05) is 0 Å². The summed E-state index contributed by atoms with van der Waals surface area (Å²) in [7, 11) is 4.22. The maximum Gasteiger partial charge on any atom is 0.401 e. The number of hydrogen-bond acceptors (Lipinski definition) is 4. The van der Waals surface area contributed by atoms with Crippen molar-refractivity contribution in [2.45, 2.75) is 31.6 Å². The van der Waals surface area contributed by atoms with E-state index in [2.05, 4.69) is 39.5 Å². The highest BCUT2D eigenvalue weighted by atomic mass is 127. The van der Waals surface area contributed by atoms with Gasteiger partial charge in [0.2, 0.25) is 0 Å². The van der Waals surface area contributed by atoms with Crippen molar-refractivity contribution >= 4 is 29.9 Å². The topological polar surface area (TPSA) is 46.1 Å². The van der Waals surface area contributed by atoms with Crippen molar-refractivity contribution in [3.8, 4) is 0 Å². The van der Waals surface area contributed by atoms with E-state index < -0.39 is 12.7 Å². The molecule has 2 aliphatic heterocycles. The van der Waals surface area contributed by atoms with Gasteiger partial charge < -0.3 is 15.5 Å². The smallest absolute Gasteiger partial charge is 0.357 e. The molecule has 0 spiro atoms. The second-order valence-corrected chi connectivity index (χ2v) is 7.10. The highest BCUT2D eigenvalue weighted by molar-refractivity contribution is 14.0. The van der Waals surface area contributed by atoms with E-state index in [1.807, 2.05) is 6.92 Å². The fraction of sp³-hybridized carbons (Fsp3) is 0.938. The normalized spacial score (nSPS) is 26.6. The highest BCUT2D eigenvalue weighted by Crippen LogP contribution is 2.19. The summed E-state index contributed by atoms with van der Waals surface area (Å²) < 4.78 is 37.5. The third kappa shape index (κ3) is 8.13. The predicted molar refractivity (Wildman–Crippen MR) is 109 cm³/mol. The van der Waals surface area contributed by atoms with Crippen molar-refractivity contribution < 1.29 is 13.2 Å². The molecule has 0 aromatic carbocycles. The van der Waals surface area contributed by atoms with Crippen molar-refractivity contribution in [1.29, 1.82) is 0 Å². The third-order valence-corrected chi connectivity index (χ3v) is 4.80. The van der Waals surface area contributed by atoms with Gasteiger partial charge in [0.25, 0.3) is 0 Å². The van der Waals surface area contributed by atoms with Gasteiger partial charge in [-0.25, -0.2) is 0 Å². The fourth-order valence-electron chi connectivity index (χ4n) is 3.36. The van der Waals surface area contributed by atoms with Gasteiger partial charge in [0.05, 0.1) is 13.1 Å². The van der Waals surface area contributed by atoms with Gasteiger partial charge in [-0.15, -0.1) is 24.0 Å². The Bertz CT molecular complexity index is 448. The van der Waals surface area contributed by atoms with Crippen LogP contribution in [0.2, 0.25) is 0 Å². The Morgan fingerprint density at radius 1 is 1.15 bits per heavy atom. The molecule has 2 atom stereocenters. The summed E-state index contributed by atoms with van der Waals surface area (Å²) in [5.74, 6) is 0.697. The zero-order valence-electron chi connectivity index (χ0n) is 15.8. The lowest BCUT2D eigenvalue weighted by molar-refractivity contribution is -0.143. The van der Waals surface area contributed by atoms with Gasteiger partial charge in [0, 0.05) is 51.4 Å². The molecule has 0 radical (unpaired) electrons. The van der Waals surface area contributed by atoms with Crippen LogP contribution in [0.25, 0.3) is 0 Å². The van der Waals surface area contributed by atoms with E-state index in [-0.39, 0.29) is 30.0 Å². The molecule has 2 unspecified atom stereocenters. The molecule has 2 rings (SSSR count). The summed E-state index contributed by atoms with van der Waals surface area (Å²) in [6.07, 6.45) is -3.43. The monoisotopic (exact) mass is 492 g/mol. The van der Waals surface area contributed by atoms with Crippen molar-refractivity contribution in [1.82, 2.24) is 25.3 Å². The summed E-state index contributed by atoms with van der Waals surface area (Å²) in [6.45, 7) is 6.48. The van der Waals surface area contributed by atoms with Crippen LogP contribution < -0.4 is 10.6 Å². The molecule has 2 aliphatic rings. The van der Waals surface area contributed by atoms with Gasteiger partial charge >= 0.3 is 6.18 Å². The van der Waals surface area contributed by atoms with Crippen LogP contribution in [0.1, 0.15) is 13.3 Å². The Morgan fingerprint density at radius 3 is 2.54 bits per heavy atom. The number of nitrogens with one attached hydrogen (secondary N) is 2. The van der Waals surface area contributed by atoms with Gasteiger partial charge in [0.1, 0.15) is 0 Å². The molecule has 2 saturated heterocycles. The lowest BCUT2D eigenvalue weighted by atomic mass is 10.2. The van der Waals surface area contributed by atoms with E-state index in [1.165, 1.54) is 4.90 Å². The Hall–Kier alpha value is -0.330. The Kier molecular flexibility index (Phi) is 9.91. The van der Waals surface area contributed by atoms with Crippen LogP contribution in [0.15, 0.2) is 4.99 Å². The summed E-state index contributed by atoms with van der Waals surface area (Å²) in [4.78, 5) is 10.7. The summed E-state index contributed by atoms with van der Waals surface area (Å²) in [5, 5.41) is 6.50. The third-order valence-electron chi connectivity index (χ3n) is 4.80. The standard InChI is InChI=1S/C16H31F3N6.HI/c1-4-20-15(21-9-14-11-23(2)7-8-24(14)3)22-13-5-6-25(10-13)12-16(17,18)19;/h13-14H,4-12H2,1-3H3,(H2,20,21,22);1H. The molecule has 0 amide bonds. The average molecular weight is 492 g/mol. The predicted octanol–water partition coefficient (Wildman–Crippen LogP) is 1.04. The van der Waals surface area contributed by atoms with E-state index in [0.29, 0.717) is 38.1 Å². The lowest BCUT2D eigenvalue weighted by Gasteiger charge is -2.37. The van der Waals surface area contributed by atoms with E-state index in [9.17, 15) is 13.2 Å². The Labute approximate surface area is 171 Å².